The number of pyridine rings is 1. The third kappa shape index (κ3) is 4.64. The van der Waals surface area contributed by atoms with E-state index in [9.17, 15) is 14.9 Å². The molecule has 1 N–H and O–H groups in total. The van der Waals surface area contributed by atoms with E-state index in [1.54, 1.807) is 24.4 Å². The first kappa shape index (κ1) is 18.5. The Morgan fingerprint density at radius 1 is 1.30 bits per heavy atom. The van der Waals surface area contributed by atoms with E-state index in [4.69, 9.17) is 0 Å². The molecular weight excluding hydrogens is 348 g/mol. The van der Waals surface area contributed by atoms with Gasteiger partial charge < -0.3 is 9.80 Å². The SMILES string of the molecule is CN1CCN(c2ccc([N+](=O)[O-])cc2/C=N\NC(=O)c2cccnc2)CC1. The average Bonchev–Trinajstić information content (AvgIpc) is 2.69. The van der Waals surface area contributed by atoms with Gasteiger partial charge in [0, 0.05) is 62.0 Å². The number of nitro groups is 1. The van der Waals surface area contributed by atoms with Crippen LogP contribution in [-0.2, 0) is 0 Å². The lowest BCUT2D eigenvalue weighted by molar-refractivity contribution is -0.384. The van der Waals surface area contributed by atoms with Gasteiger partial charge >= 0.3 is 0 Å². The van der Waals surface area contributed by atoms with Gasteiger partial charge in [-0.3, -0.25) is 19.9 Å². The van der Waals surface area contributed by atoms with E-state index in [2.05, 4.69) is 32.4 Å². The molecule has 2 heterocycles. The second kappa shape index (κ2) is 8.37. The molecule has 0 atom stereocenters. The predicted molar refractivity (Wildman–Crippen MR) is 102 cm³/mol. The largest absolute Gasteiger partial charge is 0.368 e. The fourth-order valence-corrected chi connectivity index (χ4v) is 2.82. The number of benzene rings is 1. The molecule has 1 saturated heterocycles. The maximum atomic E-state index is 12.0. The Morgan fingerprint density at radius 3 is 2.74 bits per heavy atom. The molecular formula is C18H20N6O3. The minimum Gasteiger partial charge on any atom is -0.368 e. The first-order chi connectivity index (χ1) is 13.0. The van der Waals surface area contributed by atoms with Crippen molar-refractivity contribution in [1.29, 1.82) is 0 Å². The number of carbonyl (C=O) groups excluding carboxylic acids is 1. The van der Waals surface area contributed by atoms with Crippen LogP contribution in [0.1, 0.15) is 15.9 Å². The number of likely N-dealkylation sites (N-methyl/N-ethyl adjacent to an activating group) is 1. The lowest BCUT2D eigenvalue weighted by Crippen LogP contribution is -2.44. The Labute approximate surface area is 156 Å². The summed E-state index contributed by atoms with van der Waals surface area (Å²) < 4.78 is 0. The summed E-state index contributed by atoms with van der Waals surface area (Å²) >= 11 is 0. The Hall–Kier alpha value is -3.33. The van der Waals surface area contributed by atoms with Gasteiger partial charge in [0.25, 0.3) is 11.6 Å². The molecule has 1 fully saturated rings. The van der Waals surface area contributed by atoms with Crippen molar-refractivity contribution in [3.63, 3.8) is 0 Å². The molecule has 0 unspecified atom stereocenters. The fourth-order valence-electron chi connectivity index (χ4n) is 2.82. The van der Waals surface area contributed by atoms with Gasteiger partial charge in [-0.1, -0.05) is 0 Å². The van der Waals surface area contributed by atoms with Crippen molar-refractivity contribution in [2.75, 3.05) is 38.1 Å². The van der Waals surface area contributed by atoms with Crippen LogP contribution in [0, 0.1) is 10.1 Å². The van der Waals surface area contributed by atoms with Gasteiger partial charge in [0.1, 0.15) is 0 Å². The van der Waals surface area contributed by atoms with Crippen molar-refractivity contribution in [3.05, 3.63) is 64.0 Å². The zero-order valence-electron chi connectivity index (χ0n) is 14.9. The van der Waals surface area contributed by atoms with Crippen LogP contribution < -0.4 is 10.3 Å². The summed E-state index contributed by atoms with van der Waals surface area (Å²) in [7, 11) is 2.06. The quantitative estimate of drug-likeness (QED) is 0.487. The molecule has 2 aromatic rings. The van der Waals surface area contributed by atoms with Crippen molar-refractivity contribution in [2.24, 2.45) is 5.10 Å². The van der Waals surface area contributed by atoms with E-state index in [0.717, 1.165) is 31.9 Å². The number of nitrogens with one attached hydrogen (secondary N) is 1. The number of hydrazone groups is 1. The van der Waals surface area contributed by atoms with E-state index in [-0.39, 0.29) is 5.69 Å². The lowest BCUT2D eigenvalue weighted by Gasteiger charge is -2.34. The van der Waals surface area contributed by atoms with Crippen LogP contribution >= 0.6 is 0 Å². The normalized spacial score (nSPS) is 15.1. The number of anilines is 1. The maximum absolute atomic E-state index is 12.0. The number of nitrogens with zero attached hydrogens (tertiary/aromatic N) is 5. The van der Waals surface area contributed by atoms with Gasteiger partial charge in [-0.2, -0.15) is 5.10 Å². The molecule has 27 heavy (non-hydrogen) atoms. The van der Waals surface area contributed by atoms with Crippen molar-refractivity contribution in [1.82, 2.24) is 15.3 Å². The van der Waals surface area contributed by atoms with Crippen LogP contribution in [-0.4, -0.2) is 60.2 Å². The summed E-state index contributed by atoms with van der Waals surface area (Å²) in [5.41, 5.74) is 4.23. The van der Waals surface area contributed by atoms with Crippen LogP contribution in [0.25, 0.3) is 0 Å². The molecule has 1 aliphatic rings. The van der Waals surface area contributed by atoms with E-state index >= 15 is 0 Å². The molecule has 0 spiro atoms. The van der Waals surface area contributed by atoms with E-state index < -0.39 is 10.8 Å². The molecule has 1 aliphatic heterocycles. The molecule has 1 aromatic carbocycles. The number of carbonyl (C=O) groups is 1. The Bertz CT molecular complexity index is 847. The molecule has 0 bridgehead atoms. The molecule has 3 rings (SSSR count). The molecule has 0 aliphatic carbocycles. The summed E-state index contributed by atoms with van der Waals surface area (Å²) in [5, 5.41) is 15.1. The summed E-state index contributed by atoms with van der Waals surface area (Å²) in [5.74, 6) is -0.397. The molecule has 1 aromatic heterocycles. The average molecular weight is 368 g/mol. The van der Waals surface area contributed by atoms with Gasteiger partial charge in [0.05, 0.1) is 16.7 Å². The van der Waals surface area contributed by atoms with Crippen molar-refractivity contribution < 1.29 is 9.72 Å². The molecule has 1 amide bonds. The van der Waals surface area contributed by atoms with Crippen LogP contribution in [0.3, 0.4) is 0 Å². The number of amides is 1. The summed E-state index contributed by atoms with van der Waals surface area (Å²) in [6, 6.07) is 7.96. The highest BCUT2D eigenvalue weighted by atomic mass is 16.6. The molecule has 9 heteroatoms. The number of nitro benzene ring substituents is 1. The first-order valence-corrected chi connectivity index (χ1v) is 8.50. The smallest absolute Gasteiger partial charge is 0.272 e. The topological polar surface area (TPSA) is 104 Å². The summed E-state index contributed by atoms with van der Waals surface area (Å²) in [6.45, 7) is 3.45. The van der Waals surface area contributed by atoms with Gasteiger partial charge in [-0.15, -0.1) is 0 Å². The van der Waals surface area contributed by atoms with Gasteiger partial charge in [0.2, 0.25) is 0 Å². The summed E-state index contributed by atoms with van der Waals surface area (Å²) in [6.07, 6.45) is 4.45. The second-order valence-corrected chi connectivity index (χ2v) is 6.23. The molecule has 0 saturated carbocycles. The molecule has 0 radical (unpaired) electrons. The van der Waals surface area contributed by atoms with E-state index in [0.29, 0.717) is 11.1 Å². The van der Waals surface area contributed by atoms with Crippen molar-refractivity contribution in [2.45, 2.75) is 0 Å². The second-order valence-electron chi connectivity index (χ2n) is 6.23. The van der Waals surface area contributed by atoms with Gasteiger partial charge in [-0.05, 0) is 25.2 Å². The highest BCUT2D eigenvalue weighted by Crippen LogP contribution is 2.25. The number of aromatic nitrogens is 1. The minimum absolute atomic E-state index is 0.0205. The molecule has 9 nitrogen and oxygen atoms in total. The van der Waals surface area contributed by atoms with Crippen molar-refractivity contribution in [3.8, 4) is 0 Å². The number of hydrogen-bond donors (Lipinski definition) is 1. The number of non-ortho nitro benzene ring substituents is 1. The summed E-state index contributed by atoms with van der Waals surface area (Å²) in [4.78, 5) is 31.0. The number of hydrogen-bond acceptors (Lipinski definition) is 7. The van der Waals surface area contributed by atoms with E-state index in [1.165, 1.54) is 24.5 Å². The standard InChI is InChI=1S/C18H20N6O3/c1-22-7-9-23(10-8-22)17-5-4-16(24(26)27)11-15(17)13-20-21-18(25)14-3-2-6-19-12-14/h2-6,11-13H,7-10H2,1H3,(H,21,25)/b20-13-. The van der Waals surface area contributed by atoms with Gasteiger partial charge in [-0.25, -0.2) is 5.43 Å². The third-order valence-electron chi connectivity index (χ3n) is 4.36. The van der Waals surface area contributed by atoms with Crippen LogP contribution in [0.4, 0.5) is 11.4 Å². The Balaban J connectivity index is 1.80. The van der Waals surface area contributed by atoms with Crippen LogP contribution in [0.2, 0.25) is 0 Å². The third-order valence-corrected chi connectivity index (χ3v) is 4.36. The van der Waals surface area contributed by atoms with E-state index in [1.807, 2.05) is 0 Å². The molecule has 140 valence electrons. The van der Waals surface area contributed by atoms with Crippen LogP contribution in [0.5, 0.6) is 0 Å². The maximum Gasteiger partial charge on any atom is 0.272 e. The highest BCUT2D eigenvalue weighted by molar-refractivity contribution is 5.95. The predicted octanol–water partition coefficient (Wildman–Crippen LogP) is 1.51. The lowest BCUT2D eigenvalue weighted by atomic mass is 10.1. The Kier molecular flexibility index (Phi) is 5.72. The number of piperazine rings is 1. The monoisotopic (exact) mass is 368 g/mol. The Morgan fingerprint density at radius 2 is 2.07 bits per heavy atom. The minimum atomic E-state index is -0.445. The first-order valence-electron chi connectivity index (χ1n) is 8.50. The zero-order chi connectivity index (χ0) is 19.2. The van der Waals surface area contributed by atoms with Gasteiger partial charge in [0.15, 0.2) is 0 Å². The highest BCUT2D eigenvalue weighted by Gasteiger charge is 2.18. The van der Waals surface area contributed by atoms with Crippen LogP contribution in [0.15, 0.2) is 47.8 Å². The van der Waals surface area contributed by atoms with Crippen molar-refractivity contribution >= 4 is 23.5 Å². The zero-order valence-corrected chi connectivity index (χ0v) is 14.9. The fraction of sp³-hybridized carbons (Fsp3) is 0.278. The number of rotatable bonds is 5.